The Labute approximate surface area is 111 Å². The zero-order valence-corrected chi connectivity index (χ0v) is 11.6. The summed E-state index contributed by atoms with van der Waals surface area (Å²) in [5.74, 6) is 1.04. The number of nitrogen functional groups attached to an aromatic ring is 1. The van der Waals surface area contributed by atoms with Crippen molar-refractivity contribution in [1.29, 1.82) is 0 Å². The van der Waals surface area contributed by atoms with Gasteiger partial charge in [0.15, 0.2) is 0 Å². The fraction of sp³-hybridized carbons (Fsp3) is 0.417. The fourth-order valence-electron chi connectivity index (χ4n) is 1.26. The summed E-state index contributed by atoms with van der Waals surface area (Å²) in [6.45, 7) is 0. The average molecular weight is 273 g/mol. The lowest BCUT2D eigenvalue weighted by molar-refractivity contribution is -0.128. The number of nitrogens with two attached hydrogens (primary N) is 1. The van der Waals surface area contributed by atoms with Crippen molar-refractivity contribution in [1.82, 2.24) is 4.90 Å². The summed E-state index contributed by atoms with van der Waals surface area (Å²) < 4.78 is 0. The van der Waals surface area contributed by atoms with Gasteiger partial charge in [0.25, 0.3) is 0 Å². The SMILES string of the molecule is CN(C)C(=O)CCCSc1ccc(N)cc1Cl. The van der Waals surface area contributed by atoms with Crippen LogP contribution in [-0.2, 0) is 4.79 Å². The van der Waals surface area contributed by atoms with Crippen molar-refractivity contribution in [2.45, 2.75) is 17.7 Å². The Hall–Kier alpha value is -0.870. The highest BCUT2D eigenvalue weighted by molar-refractivity contribution is 7.99. The summed E-state index contributed by atoms with van der Waals surface area (Å²) >= 11 is 7.70. The van der Waals surface area contributed by atoms with Crippen molar-refractivity contribution in [2.24, 2.45) is 0 Å². The summed E-state index contributed by atoms with van der Waals surface area (Å²) in [6, 6.07) is 5.49. The molecule has 17 heavy (non-hydrogen) atoms. The van der Waals surface area contributed by atoms with Gasteiger partial charge in [0.1, 0.15) is 0 Å². The highest BCUT2D eigenvalue weighted by Gasteiger charge is 2.05. The predicted octanol–water partition coefficient (Wildman–Crippen LogP) is 2.88. The Morgan fingerprint density at radius 2 is 2.18 bits per heavy atom. The lowest BCUT2D eigenvalue weighted by Gasteiger charge is -2.09. The van der Waals surface area contributed by atoms with Crippen LogP contribution in [0.2, 0.25) is 5.02 Å². The van der Waals surface area contributed by atoms with Crippen LogP contribution in [0.3, 0.4) is 0 Å². The van der Waals surface area contributed by atoms with Gasteiger partial charge in [-0.3, -0.25) is 4.79 Å². The largest absolute Gasteiger partial charge is 0.399 e. The molecule has 0 saturated carbocycles. The summed E-state index contributed by atoms with van der Waals surface area (Å²) in [7, 11) is 3.54. The topological polar surface area (TPSA) is 46.3 Å². The van der Waals surface area contributed by atoms with E-state index in [1.165, 1.54) is 0 Å². The van der Waals surface area contributed by atoms with E-state index in [1.807, 2.05) is 12.1 Å². The zero-order valence-electron chi connectivity index (χ0n) is 10.1. The monoisotopic (exact) mass is 272 g/mol. The van der Waals surface area contributed by atoms with Crippen molar-refractivity contribution in [3.05, 3.63) is 23.2 Å². The molecule has 0 spiro atoms. The van der Waals surface area contributed by atoms with E-state index in [1.54, 1.807) is 36.8 Å². The molecule has 0 aromatic heterocycles. The molecule has 0 fully saturated rings. The van der Waals surface area contributed by atoms with Crippen LogP contribution in [0.25, 0.3) is 0 Å². The Morgan fingerprint density at radius 3 is 2.76 bits per heavy atom. The van der Waals surface area contributed by atoms with Gasteiger partial charge in [0.2, 0.25) is 5.91 Å². The first-order valence-electron chi connectivity index (χ1n) is 5.38. The number of carbonyl (C=O) groups excluding carboxylic acids is 1. The first-order valence-corrected chi connectivity index (χ1v) is 6.75. The van der Waals surface area contributed by atoms with Crippen LogP contribution in [-0.4, -0.2) is 30.7 Å². The predicted molar refractivity (Wildman–Crippen MR) is 74.5 cm³/mol. The Bertz CT molecular complexity index is 396. The van der Waals surface area contributed by atoms with Gasteiger partial charge < -0.3 is 10.6 Å². The Balaban J connectivity index is 2.34. The van der Waals surface area contributed by atoms with Crippen LogP contribution in [0.4, 0.5) is 5.69 Å². The maximum atomic E-state index is 11.3. The minimum atomic E-state index is 0.161. The second-order valence-electron chi connectivity index (χ2n) is 3.93. The van der Waals surface area contributed by atoms with Gasteiger partial charge in [0.05, 0.1) is 5.02 Å². The molecule has 2 N–H and O–H groups in total. The van der Waals surface area contributed by atoms with Gasteiger partial charge in [-0.2, -0.15) is 0 Å². The van der Waals surface area contributed by atoms with Crippen LogP contribution in [0.15, 0.2) is 23.1 Å². The maximum absolute atomic E-state index is 11.3. The van der Waals surface area contributed by atoms with Gasteiger partial charge >= 0.3 is 0 Å². The lowest BCUT2D eigenvalue weighted by Crippen LogP contribution is -2.21. The molecule has 0 aliphatic rings. The van der Waals surface area contributed by atoms with E-state index in [0.29, 0.717) is 17.1 Å². The number of benzene rings is 1. The number of carbonyl (C=O) groups is 1. The number of rotatable bonds is 5. The molecular weight excluding hydrogens is 256 g/mol. The van der Waals surface area contributed by atoms with Gasteiger partial charge in [-0.25, -0.2) is 0 Å². The van der Waals surface area contributed by atoms with Crippen LogP contribution in [0.1, 0.15) is 12.8 Å². The molecule has 3 nitrogen and oxygen atoms in total. The summed E-state index contributed by atoms with van der Waals surface area (Å²) in [4.78, 5) is 14.0. The van der Waals surface area contributed by atoms with Gasteiger partial charge in [-0.15, -0.1) is 11.8 Å². The quantitative estimate of drug-likeness (QED) is 0.509. The summed E-state index contributed by atoms with van der Waals surface area (Å²) in [5.41, 5.74) is 6.28. The molecule has 1 rings (SSSR count). The second kappa shape index (κ2) is 6.77. The molecule has 0 aliphatic carbocycles. The second-order valence-corrected chi connectivity index (χ2v) is 5.47. The third kappa shape index (κ3) is 4.88. The van der Waals surface area contributed by atoms with Crippen molar-refractivity contribution in [3.8, 4) is 0 Å². The molecule has 94 valence electrons. The van der Waals surface area contributed by atoms with E-state index in [9.17, 15) is 4.79 Å². The first kappa shape index (κ1) is 14.2. The molecule has 1 amide bonds. The van der Waals surface area contributed by atoms with E-state index < -0.39 is 0 Å². The molecule has 1 aromatic carbocycles. The normalized spacial score (nSPS) is 10.3. The van der Waals surface area contributed by atoms with Crippen LogP contribution in [0.5, 0.6) is 0 Å². The number of halogens is 1. The van der Waals surface area contributed by atoms with Crippen molar-refractivity contribution >= 4 is 35.0 Å². The summed E-state index contributed by atoms with van der Waals surface area (Å²) in [5, 5.41) is 0.675. The van der Waals surface area contributed by atoms with Crippen molar-refractivity contribution < 1.29 is 4.79 Å². The zero-order chi connectivity index (χ0) is 12.8. The molecule has 0 atom stereocenters. The van der Waals surface area contributed by atoms with Crippen LogP contribution in [0, 0.1) is 0 Å². The molecule has 0 saturated heterocycles. The molecule has 1 aromatic rings. The highest BCUT2D eigenvalue weighted by atomic mass is 35.5. The number of thioether (sulfide) groups is 1. The maximum Gasteiger partial charge on any atom is 0.222 e. The lowest BCUT2D eigenvalue weighted by atomic mass is 10.3. The number of amides is 1. The van der Waals surface area contributed by atoms with Crippen molar-refractivity contribution in [2.75, 3.05) is 25.6 Å². The minimum Gasteiger partial charge on any atom is -0.399 e. The number of hydrogen-bond acceptors (Lipinski definition) is 3. The smallest absolute Gasteiger partial charge is 0.222 e. The van der Waals surface area contributed by atoms with Crippen LogP contribution >= 0.6 is 23.4 Å². The van der Waals surface area contributed by atoms with Crippen molar-refractivity contribution in [3.63, 3.8) is 0 Å². The van der Waals surface area contributed by atoms with E-state index in [2.05, 4.69) is 0 Å². The Morgan fingerprint density at radius 1 is 1.47 bits per heavy atom. The standard InChI is InChI=1S/C12H17ClN2OS/c1-15(2)12(16)4-3-7-17-11-6-5-9(14)8-10(11)13/h5-6,8H,3-4,7,14H2,1-2H3. The third-order valence-corrected chi connectivity index (χ3v) is 3.83. The average Bonchev–Trinajstić information content (AvgIpc) is 2.26. The van der Waals surface area contributed by atoms with E-state index in [-0.39, 0.29) is 5.91 Å². The molecule has 0 aliphatic heterocycles. The highest BCUT2D eigenvalue weighted by Crippen LogP contribution is 2.29. The molecule has 0 radical (unpaired) electrons. The van der Waals surface area contributed by atoms with Gasteiger partial charge in [0, 0.05) is 31.1 Å². The molecular formula is C12H17ClN2OS. The van der Waals surface area contributed by atoms with Crippen LogP contribution < -0.4 is 5.73 Å². The molecule has 0 unspecified atom stereocenters. The first-order chi connectivity index (χ1) is 8.00. The molecule has 5 heteroatoms. The minimum absolute atomic E-state index is 0.161. The van der Waals surface area contributed by atoms with Gasteiger partial charge in [-0.05, 0) is 30.4 Å². The summed E-state index contributed by atoms with van der Waals surface area (Å²) in [6.07, 6.45) is 1.43. The van der Waals surface area contributed by atoms with E-state index in [4.69, 9.17) is 17.3 Å². The fourth-order valence-corrected chi connectivity index (χ4v) is 2.49. The number of hydrogen-bond donors (Lipinski definition) is 1. The van der Waals surface area contributed by atoms with E-state index in [0.717, 1.165) is 17.1 Å². The third-order valence-electron chi connectivity index (χ3n) is 2.25. The number of anilines is 1. The van der Waals surface area contributed by atoms with E-state index >= 15 is 0 Å². The van der Waals surface area contributed by atoms with Gasteiger partial charge in [-0.1, -0.05) is 11.6 Å². The number of nitrogens with zero attached hydrogens (tertiary/aromatic N) is 1. The Kier molecular flexibility index (Phi) is 5.65. The molecule has 0 heterocycles. The molecule has 0 bridgehead atoms.